The summed E-state index contributed by atoms with van der Waals surface area (Å²) < 4.78 is 11.5. The highest BCUT2D eigenvalue weighted by molar-refractivity contribution is 6.00. The molecule has 0 fully saturated rings. The zero-order valence-electron chi connectivity index (χ0n) is 11.8. The molecule has 0 aromatic heterocycles. The van der Waals surface area contributed by atoms with Crippen LogP contribution in [0.3, 0.4) is 0 Å². The normalized spacial score (nSPS) is 16.5. The maximum atomic E-state index is 12.0. The number of Topliss-reactive ketones (excluding diaryl/α,β-unsaturated/α-hetero) is 1. The molecule has 3 nitrogen and oxygen atoms in total. The van der Waals surface area contributed by atoms with Gasteiger partial charge in [0, 0.05) is 6.07 Å². The van der Waals surface area contributed by atoms with Gasteiger partial charge in [0.2, 0.25) is 0 Å². The van der Waals surface area contributed by atoms with Gasteiger partial charge < -0.3 is 9.47 Å². The average Bonchev–Trinajstić information content (AvgIpc) is 2.33. The SMILES string of the molecule is C=C(CC)COc1ccc2c(c1)OC(C)(C)CC2=O. The molecule has 102 valence electrons. The van der Waals surface area contributed by atoms with Gasteiger partial charge in [-0.05, 0) is 38.0 Å². The van der Waals surface area contributed by atoms with Crippen LogP contribution in [0.1, 0.15) is 44.0 Å². The van der Waals surface area contributed by atoms with E-state index in [0.29, 0.717) is 30.1 Å². The van der Waals surface area contributed by atoms with Crippen LogP contribution >= 0.6 is 0 Å². The summed E-state index contributed by atoms with van der Waals surface area (Å²) in [6.07, 6.45) is 1.31. The molecular weight excluding hydrogens is 240 g/mol. The first-order valence-corrected chi connectivity index (χ1v) is 6.57. The number of ether oxygens (including phenoxy) is 2. The molecule has 1 aromatic carbocycles. The van der Waals surface area contributed by atoms with Crippen LogP contribution in [0, 0.1) is 0 Å². The number of hydrogen-bond donors (Lipinski definition) is 0. The van der Waals surface area contributed by atoms with Crippen LogP contribution in [0.4, 0.5) is 0 Å². The van der Waals surface area contributed by atoms with Gasteiger partial charge >= 0.3 is 0 Å². The molecule has 1 aliphatic heterocycles. The third-order valence-corrected chi connectivity index (χ3v) is 3.17. The second kappa shape index (κ2) is 5.08. The lowest BCUT2D eigenvalue weighted by Gasteiger charge is -2.31. The quantitative estimate of drug-likeness (QED) is 0.773. The molecule has 0 saturated carbocycles. The molecule has 2 rings (SSSR count). The predicted molar refractivity (Wildman–Crippen MR) is 75.0 cm³/mol. The van der Waals surface area contributed by atoms with Crippen molar-refractivity contribution in [1.29, 1.82) is 0 Å². The van der Waals surface area contributed by atoms with Crippen molar-refractivity contribution in [2.75, 3.05) is 6.61 Å². The van der Waals surface area contributed by atoms with E-state index in [1.807, 2.05) is 20.8 Å². The first kappa shape index (κ1) is 13.7. The van der Waals surface area contributed by atoms with Gasteiger partial charge in [0.25, 0.3) is 0 Å². The summed E-state index contributed by atoms with van der Waals surface area (Å²) in [5.74, 6) is 1.44. The fourth-order valence-electron chi connectivity index (χ4n) is 2.01. The van der Waals surface area contributed by atoms with Gasteiger partial charge in [-0.2, -0.15) is 0 Å². The topological polar surface area (TPSA) is 35.5 Å². The van der Waals surface area contributed by atoms with Gasteiger partial charge in [-0.15, -0.1) is 0 Å². The summed E-state index contributed by atoms with van der Waals surface area (Å²) in [6.45, 7) is 10.3. The van der Waals surface area contributed by atoms with Gasteiger partial charge in [0.05, 0.1) is 12.0 Å². The second-order valence-corrected chi connectivity index (χ2v) is 5.51. The van der Waals surface area contributed by atoms with Crippen LogP contribution in [0.25, 0.3) is 0 Å². The molecule has 1 aliphatic rings. The van der Waals surface area contributed by atoms with E-state index in [1.165, 1.54) is 0 Å². The zero-order chi connectivity index (χ0) is 14.0. The minimum Gasteiger partial charge on any atom is -0.489 e. The molecule has 0 atom stereocenters. The fourth-order valence-corrected chi connectivity index (χ4v) is 2.01. The monoisotopic (exact) mass is 260 g/mol. The molecule has 0 aliphatic carbocycles. The van der Waals surface area contributed by atoms with E-state index in [2.05, 4.69) is 6.58 Å². The molecular formula is C16H20O3. The molecule has 0 saturated heterocycles. The number of carbonyl (C=O) groups is 1. The van der Waals surface area contributed by atoms with Crippen molar-refractivity contribution in [3.8, 4) is 11.5 Å². The molecule has 0 amide bonds. The van der Waals surface area contributed by atoms with Crippen molar-refractivity contribution in [3.05, 3.63) is 35.9 Å². The number of benzene rings is 1. The summed E-state index contributed by atoms with van der Waals surface area (Å²) in [5, 5.41) is 0. The van der Waals surface area contributed by atoms with Gasteiger partial charge in [-0.1, -0.05) is 13.5 Å². The van der Waals surface area contributed by atoms with Crippen molar-refractivity contribution in [1.82, 2.24) is 0 Å². The van der Waals surface area contributed by atoms with E-state index in [0.717, 1.165) is 12.0 Å². The summed E-state index contributed by atoms with van der Waals surface area (Å²) in [4.78, 5) is 12.0. The van der Waals surface area contributed by atoms with Crippen LogP contribution < -0.4 is 9.47 Å². The van der Waals surface area contributed by atoms with Crippen LogP contribution in [-0.4, -0.2) is 18.0 Å². The Balaban J connectivity index is 2.19. The van der Waals surface area contributed by atoms with Gasteiger partial charge in [0.15, 0.2) is 5.78 Å². The highest BCUT2D eigenvalue weighted by Gasteiger charge is 2.32. The number of fused-ring (bicyclic) bond motifs is 1. The maximum absolute atomic E-state index is 12.0. The van der Waals surface area contributed by atoms with Crippen molar-refractivity contribution in [3.63, 3.8) is 0 Å². The van der Waals surface area contributed by atoms with E-state index >= 15 is 0 Å². The largest absolute Gasteiger partial charge is 0.489 e. The first-order valence-electron chi connectivity index (χ1n) is 6.57. The minimum atomic E-state index is -0.449. The Morgan fingerprint density at radius 3 is 2.89 bits per heavy atom. The molecule has 3 heteroatoms. The first-order chi connectivity index (χ1) is 8.91. The van der Waals surface area contributed by atoms with Crippen LogP contribution in [0.2, 0.25) is 0 Å². The van der Waals surface area contributed by atoms with Crippen LogP contribution in [0.15, 0.2) is 30.4 Å². The standard InChI is InChI=1S/C16H20O3/c1-5-11(2)10-18-12-6-7-13-14(17)9-16(3,4)19-15(13)8-12/h6-8H,2,5,9-10H2,1,3-4H3. The van der Waals surface area contributed by atoms with Gasteiger partial charge in [0.1, 0.15) is 23.7 Å². The molecule has 19 heavy (non-hydrogen) atoms. The molecule has 0 unspecified atom stereocenters. The molecule has 0 radical (unpaired) electrons. The third-order valence-electron chi connectivity index (χ3n) is 3.17. The Morgan fingerprint density at radius 1 is 1.47 bits per heavy atom. The lowest BCUT2D eigenvalue weighted by molar-refractivity contribution is 0.0618. The van der Waals surface area contributed by atoms with Crippen molar-refractivity contribution in [2.24, 2.45) is 0 Å². The summed E-state index contributed by atoms with van der Waals surface area (Å²) in [5.41, 5.74) is 1.23. The number of carbonyl (C=O) groups excluding carboxylic acids is 1. The van der Waals surface area contributed by atoms with Crippen molar-refractivity contribution < 1.29 is 14.3 Å². The minimum absolute atomic E-state index is 0.121. The maximum Gasteiger partial charge on any atom is 0.170 e. The number of ketones is 1. The summed E-state index contributed by atoms with van der Waals surface area (Å²) >= 11 is 0. The van der Waals surface area contributed by atoms with Crippen molar-refractivity contribution >= 4 is 5.78 Å². The average molecular weight is 260 g/mol. The van der Waals surface area contributed by atoms with Crippen LogP contribution in [-0.2, 0) is 0 Å². The van der Waals surface area contributed by atoms with E-state index in [9.17, 15) is 4.79 Å². The van der Waals surface area contributed by atoms with Gasteiger partial charge in [-0.25, -0.2) is 0 Å². The lowest BCUT2D eigenvalue weighted by Crippen LogP contribution is -2.35. The van der Waals surface area contributed by atoms with E-state index in [4.69, 9.17) is 9.47 Å². The molecule has 1 aromatic rings. The van der Waals surface area contributed by atoms with Crippen LogP contribution in [0.5, 0.6) is 11.5 Å². The lowest BCUT2D eigenvalue weighted by atomic mass is 9.93. The second-order valence-electron chi connectivity index (χ2n) is 5.51. The van der Waals surface area contributed by atoms with E-state index < -0.39 is 5.60 Å². The smallest absolute Gasteiger partial charge is 0.170 e. The number of hydrogen-bond acceptors (Lipinski definition) is 3. The Labute approximate surface area is 114 Å². The predicted octanol–water partition coefficient (Wildman–Crippen LogP) is 3.78. The Kier molecular flexibility index (Phi) is 3.65. The van der Waals surface area contributed by atoms with E-state index in [-0.39, 0.29) is 5.78 Å². The summed E-state index contributed by atoms with van der Waals surface area (Å²) in [7, 11) is 0. The molecule has 0 bridgehead atoms. The summed E-state index contributed by atoms with van der Waals surface area (Å²) in [6, 6.07) is 5.37. The Morgan fingerprint density at radius 2 is 2.21 bits per heavy atom. The van der Waals surface area contributed by atoms with Crippen molar-refractivity contribution in [2.45, 2.75) is 39.2 Å². The Bertz CT molecular complexity index is 515. The molecule has 0 spiro atoms. The molecule has 0 N–H and O–H groups in total. The molecule has 1 heterocycles. The number of rotatable bonds is 4. The zero-order valence-corrected chi connectivity index (χ0v) is 11.8. The highest BCUT2D eigenvalue weighted by Crippen LogP contribution is 2.35. The Hall–Kier alpha value is -1.77. The highest BCUT2D eigenvalue weighted by atomic mass is 16.5. The third kappa shape index (κ3) is 3.16. The van der Waals surface area contributed by atoms with Gasteiger partial charge in [-0.3, -0.25) is 4.79 Å². The van der Waals surface area contributed by atoms with E-state index in [1.54, 1.807) is 18.2 Å². The fraction of sp³-hybridized carbons (Fsp3) is 0.438.